The van der Waals surface area contributed by atoms with Gasteiger partial charge in [0, 0.05) is 12.1 Å². The van der Waals surface area contributed by atoms with E-state index >= 15 is 0 Å². The summed E-state index contributed by atoms with van der Waals surface area (Å²) in [6.07, 6.45) is 0.698. The fourth-order valence-electron chi connectivity index (χ4n) is 3.04. The van der Waals surface area contributed by atoms with Crippen LogP contribution in [0.15, 0.2) is 71.6 Å². The topological polar surface area (TPSA) is 88.2 Å². The number of halogens is 1. The molecule has 3 aromatic carbocycles. The Balaban J connectivity index is 1.49. The molecule has 1 aromatic heterocycles. The Morgan fingerprint density at radius 1 is 1.06 bits per heavy atom. The molecule has 0 spiro atoms. The summed E-state index contributed by atoms with van der Waals surface area (Å²) in [7, 11) is -2.38. The number of sulfonamides is 1. The van der Waals surface area contributed by atoms with E-state index in [-0.39, 0.29) is 15.5 Å². The maximum Gasteiger partial charge on any atom is 0.257 e. The van der Waals surface area contributed by atoms with Crippen LogP contribution in [0.2, 0.25) is 5.02 Å². The Morgan fingerprint density at radius 3 is 2.52 bits per heavy atom. The van der Waals surface area contributed by atoms with Crippen molar-refractivity contribution in [3.63, 3.8) is 0 Å². The lowest BCUT2D eigenvalue weighted by molar-refractivity contribution is 0.102. The van der Waals surface area contributed by atoms with Gasteiger partial charge in [0.05, 0.1) is 30.7 Å². The molecule has 0 atom stereocenters. The van der Waals surface area contributed by atoms with Gasteiger partial charge in [-0.1, -0.05) is 35.9 Å². The van der Waals surface area contributed by atoms with Gasteiger partial charge < -0.3 is 5.32 Å². The molecule has 0 saturated carbocycles. The summed E-state index contributed by atoms with van der Waals surface area (Å²) in [5, 5.41) is 3.94. The third kappa shape index (κ3) is 4.77. The van der Waals surface area contributed by atoms with Crippen LogP contribution < -0.4 is 10.0 Å². The van der Waals surface area contributed by atoms with Crippen molar-refractivity contribution in [3.05, 3.63) is 87.9 Å². The van der Waals surface area contributed by atoms with Crippen molar-refractivity contribution >= 4 is 54.8 Å². The summed E-state index contributed by atoms with van der Waals surface area (Å²) < 4.78 is 27.4. The molecular formula is C22H18ClN3O3S2. The Hall–Kier alpha value is -2.78. The number of fused-ring (bicyclic) bond motifs is 1. The highest BCUT2D eigenvalue weighted by atomic mass is 35.5. The van der Waals surface area contributed by atoms with E-state index in [2.05, 4.69) is 21.1 Å². The molecule has 4 rings (SSSR count). The van der Waals surface area contributed by atoms with Crippen molar-refractivity contribution in [2.75, 3.05) is 12.4 Å². The summed E-state index contributed by atoms with van der Waals surface area (Å²) in [4.78, 5) is 17.3. The van der Waals surface area contributed by atoms with Gasteiger partial charge in [-0.2, -0.15) is 0 Å². The molecule has 6 nitrogen and oxygen atoms in total. The predicted octanol–water partition coefficient (Wildman–Crippen LogP) is 4.70. The van der Waals surface area contributed by atoms with E-state index < -0.39 is 15.9 Å². The average Bonchev–Trinajstić information content (AvgIpc) is 3.17. The Bertz CT molecular complexity index is 1330. The second kappa shape index (κ2) is 8.76. The smallest absolute Gasteiger partial charge is 0.257 e. The van der Waals surface area contributed by atoms with Crippen molar-refractivity contribution < 1.29 is 13.2 Å². The molecule has 2 N–H and O–H groups in total. The summed E-state index contributed by atoms with van der Waals surface area (Å²) in [6, 6.07) is 19.4. The third-order valence-corrected chi connectivity index (χ3v) is 7.44. The van der Waals surface area contributed by atoms with Crippen molar-refractivity contribution in [2.24, 2.45) is 0 Å². The first-order valence-corrected chi connectivity index (χ1v) is 12.0. The summed E-state index contributed by atoms with van der Waals surface area (Å²) in [5.74, 6) is -0.489. The Morgan fingerprint density at radius 2 is 1.81 bits per heavy atom. The van der Waals surface area contributed by atoms with Gasteiger partial charge in [0.2, 0.25) is 10.0 Å². The zero-order valence-corrected chi connectivity index (χ0v) is 18.8. The van der Waals surface area contributed by atoms with Gasteiger partial charge in [0.15, 0.2) is 0 Å². The first-order valence-electron chi connectivity index (χ1n) is 9.33. The quantitative estimate of drug-likeness (QED) is 0.426. The van der Waals surface area contributed by atoms with Gasteiger partial charge in [-0.3, -0.25) is 4.79 Å². The zero-order valence-electron chi connectivity index (χ0n) is 16.4. The van der Waals surface area contributed by atoms with E-state index in [1.165, 1.54) is 25.2 Å². The van der Waals surface area contributed by atoms with Crippen LogP contribution in [0.5, 0.6) is 0 Å². The van der Waals surface area contributed by atoms with Crippen molar-refractivity contribution in [2.45, 2.75) is 11.3 Å². The van der Waals surface area contributed by atoms with Crippen LogP contribution >= 0.6 is 22.9 Å². The highest BCUT2D eigenvalue weighted by Gasteiger charge is 2.17. The van der Waals surface area contributed by atoms with Gasteiger partial charge in [-0.25, -0.2) is 18.1 Å². The lowest BCUT2D eigenvalue weighted by Gasteiger charge is -2.10. The number of thiazole rings is 1. The van der Waals surface area contributed by atoms with Crippen LogP contribution in [0.1, 0.15) is 20.9 Å². The Kier molecular flexibility index (Phi) is 6.06. The molecule has 4 aromatic rings. The van der Waals surface area contributed by atoms with E-state index in [1.54, 1.807) is 23.5 Å². The maximum absolute atomic E-state index is 12.7. The second-order valence-corrected chi connectivity index (χ2v) is 10.2. The number of hydrogen-bond acceptors (Lipinski definition) is 5. The fraction of sp³-hybridized carbons (Fsp3) is 0.0909. The number of rotatable bonds is 6. The van der Waals surface area contributed by atoms with Crippen LogP contribution in [0, 0.1) is 0 Å². The lowest BCUT2D eigenvalue weighted by Crippen LogP contribution is -2.20. The average molecular weight is 472 g/mol. The van der Waals surface area contributed by atoms with Gasteiger partial charge in [0.25, 0.3) is 5.91 Å². The number of nitrogens with one attached hydrogen (secondary N) is 2. The number of para-hydroxylation sites is 1. The minimum atomic E-state index is -3.68. The van der Waals surface area contributed by atoms with E-state index in [9.17, 15) is 13.2 Å². The number of amides is 1. The van der Waals surface area contributed by atoms with E-state index in [0.717, 1.165) is 20.8 Å². The molecule has 158 valence electrons. The molecule has 0 aliphatic heterocycles. The summed E-state index contributed by atoms with van der Waals surface area (Å²) in [6.45, 7) is 0. The maximum atomic E-state index is 12.7. The second-order valence-electron chi connectivity index (χ2n) is 6.75. The highest BCUT2D eigenvalue weighted by molar-refractivity contribution is 7.89. The SMILES string of the molecule is CNS(=O)(=O)c1ccc(Cl)c(C(=O)Nc2ccc(Cc3nc4ccccc4s3)cc2)c1. The molecule has 31 heavy (non-hydrogen) atoms. The molecule has 0 bridgehead atoms. The number of benzene rings is 3. The number of hydrogen-bond donors (Lipinski definition) is 2. The number of carbonyl (C=O) groups excluding carboxylic acids is 1. The minimum Gasteiger partial charge on any atom is -0.322 e. The van der Waals surface area contributed by atoms with Crippen LogP contribution in [0.4, 0.5) is 5.69 Å². The monoisotopic (exact) mass is 471 g/mol. The molecule has 0 aliphatic carbocycles. The normalized spacial score (nSPS) is 11.5. The number of carbonyl (C=O) groups is 1. The first kappa shape index (κ1) is 21.5. The Labute approximate surface area is 189 Å². The lowest BCUT2D eigenvalue weighted by atomic mass is 10.1. The van der Waals surface area contributed by atoms with Crippen molar-refractivity contribution in [1.82, 2.24) is 9.71 Å². The van der Waals surface area contributed by atoms with Gasteiger partial charge in [-0.15, -0.1) is 11.3 Å². The molecule has 1 amide bonds. The molecular weight excluding hydrogens is 454 g/mol. The molecule has 0 fully saturated rings. The fourth-order valence-corrected chi connectivity index (χ4v) is 5.00. The summed E-state index contributed by atoms with van der Waals surface area (Å²) in [5.41, 5.74) is 2.72. The minimum absolute atomic E-state index is 0.0317. The van der Waals surface area contributed by atoms with E-state index in [0.29, 0.717) is 12.1 Å². The standard InChI is InChI=1S/C22H18ClN3O3S2/c1-24-31(28,29)16-10-11-18(23)17(13-16)22(27)25-15-8-6-14(7-9-15)12-21-26-19-4-2-3-5-20(19)30-21/h2-11,13,24H,12H2,1H3,(H,25,27). The van der Waals surface area contributed by atoms with E-state index in [4.69, 9.17) is 11.6 Å². The van der Waals surface area contributed by atoms with Crippen LogP contribution in [-0.2, 0) is 16.4 Å². The number of anilines is 1. The van der Waals surface area contributed by atoms with Gasteiger partial charge >= 0.3 is 0 Å². The van der Waals surface area contributed by atoms with Crippen molar-refractivity contribution in [3.8, 4) is 0 Å². The first-order chi connectivity index (χ1) is 14.9. The molecule has 0 aliphatic rings. The predicted molar refractivity (Wildman–Crippen MR) is 125 cm³/mol. The van der Waals surface area contributed by atoms with Crippen molar-refractivity contribution in [1.29, 1.82) is 0 Å². The highest BCUT2D eigenvalue weighted by Crippen LogP contribution is 2.25. The molecule has 9 heteroatoms. The van der Waals surface area contributed by atoms with Gasteiger partial charge in [0.1, 0.15) is 0 Å². The van der Waals surface area contributed by atoms with E-state index in [1.807, 2.05) is 30.3 Å². The zero-order chi connectivity index (χ0) is 22.0. The summed E-state index contributed by atoms with van der Waals surface area (Å²) >= 11 is 7.78. The third-order valence-electron chi connectivity index (χ3n) is 4.67. The van der Waals surface area contributed by atoms with Crippen LogP contribution in [-0.4, -0.2) is 26.4 Å². The molecule has 0 radical (unpaired) electrons. The molecule has 0 saturated heterocycles. The number of nitrogens with zero attached hydrogens (tertiary/aromatic N) is 1. The van der Waals surface area contributed by atoms with Crippen LogP contribution in [0.3, 0.4) is 0 Å². The van der Waals surface area contributed by atoms with Gasteiger partial charge in [-0.05, 0) is 55.1 Å². The molecule has 1 heterocycles. The largest absolute Gasteiger partial charge is 0.322 e. The number of aromatic nitrogens is 1. The molecule has 0 unspecified atom stereocenters. The van der Waals surface area contributed by atoms with Crippen LogP contribution in [0.25, 0.3) is 10.2 Å².